The Labute approximate surface area is 124 Å². The normalized spacial score (nSPS) is 11.7. The number of carbonyl (C=O) groups is 1. The van der Waals surface area contributed by atoms with E-state index in [1.165, 1.54) is 12.1 Å². The number of benzene rings is 2. The van der Waals surface area contributed by atoms with Crippen LogP contribution in [0.1, 0.15) is 24.9 Å². The predicted molar refractivity (Wildman–Crippen MR) is 82.5 cm³/mol. The van der Waals surface area contributed by atoms with Gasteiger partial charge in [0.15, 0.2) is 0 Å². The van der Waals surface area contributed by atoms with Gasteiger partial charge in [-0.05, 0) is 36.8 Å². The molecule has 0 aliphatic heterocycles. The maximum Gasteiger partial charge on any atom is 0.222 e. The summed E-state index contributed by atoms with van der Waals surface area (Å²) >= 11 is 0. The Balaban J connectivity index is 1.73. The zero-order valence-corrected chi connectivity index (χ0v) is 12.0. The minimum Gasteiger partial charge on any atom is -0.385 e. The molecule has 21 heavy (non-hydrogen) atoms. The fourth-order valence-corrected chi connectivity index (χ4v) is 2.03. The zero-order chi connectivity index (χ0) is 15.1. The topological polar surface area (TPSA) is 41.1 Å². The quantitative estimate of drug-likeness (QED) is 0.853. The monoisotopic (exact) mass is 286 g/mol. The minimum atomic E-state index is -0.269. The molecular formula is C17H19FN2O. The largest absolute Gasteiger partial charge is 0.385 e. The molecule has 0 aliphatic carbocycles. The molecule has 2 rings (SSSR count). The fraction of sp³-hybridized carbons (Fsp3) is 0.235. The van der Waals surface area contributed by atoms with Gasteiger partial charge in [0, 0.05) is 18.7 Å². The van der Waals surface area contributed by atoms with Gasteiger partial charge in [0.1, 0.15) is 5.82 Å². The molecule has 0 fully saturated rings. The smallest absolute Gasteiger partial charge is 0.222 e. The van der Waals surface area contributed by atoms with E-state index in [4.69, 9.17) is 0 Å². The summed E-state index contributed by atoms with van der Waals surface area (Å²) < 4.78 is 12.7. The molecule has 0 spiro atoms. The van der Waals surface area contributed by atoms with Gasteiger partial charge in [0.25, 0.3) is 0 Å². The van der Waals surface area contributed by atoms with Gasteiger partial charge in [-0.1, -0.05) is 30.3 Å². The third kappa shape index (κ3) is 4.91. The molecule has 3 nitrogen and oxygen atoms in total. The lowest BCUT2D eigenvalue weighted by molar-refractivity contribution is -0.121. The van der Waals surface area contributed by atoms with Gasteiger partial charge >= 0.3 is 0 Å². The van der Waals surface area contributed by atoms with Gasteiger partial charge in [-0.2, -0.15) is 0 Å². The third-order valence-corrected chi connectivity index (χ3v) is 3.20. The van der Waals surface area contributed by atoms with Crippen molar-refractivity contribution >= 4 is 11.6 Å². The van der Waals surface area contributed by atoms with Gasteiger partial charge < -0.3 is 10.6 Å². The van der Waals surface area contributed by atoms with Gasteiger partial charge in [0.2, 0.25) is 5.91 Å². The number of rotatable bonds is 6. The average Bonchev–Trinajstić information content (AvgIpc) is 2.50. The summed E-state index contributed by atoms with van der Waals surface area (Å²) in [6.07, 6.45) is 0.370. The number of carbonyl (C=O) groups excluding carboxylic acids is 1. The first kappa shape index (κ1) is 15.0. The Hall–Kier alpha value is -2.36. The molecule has 2 N–H and O–H groups in total. The summed E-state index contributed by atoms with van der Waals surface area (Å²) in [4.78, 5) is 11.9. The van der Waals surface area contributed by atoms with E-state index in [9.17, 15) is 9.18 Å². The zero-order valence-electron chi connectivity index (χ0n) is 12.0. The van der Waals surface area contributed by atoms with E-state index in [2.05, 4.69) is 10.6 Å². The summed E-state index contributed by atoms with van der Waals surface area (Å²) in [5, 5.41) is 6.04. The first-order valence-corrected chi connectivity index (χ1v) is 6.99. The first-order valence-electron chi connectivity index (χ1n) is 6.99. The third-order valence-electron chi connectivity index (χ3n) is 3.20. The second-order valence-corrected chi connectivity index (χ2v) is 4.88. The molecular weight excluding hydrogens is 267 g/mol. The van der Waals surface area contributed by atoms with Crippen LogP contribution in [0, 0.1) is 5.82 Å². The summed E-state index contributed by atoms with van der Waals surface area (Å²) in [6, 6.07) is 15.9. The molecule has 0 radical (unpaired) electrons. The fourth-order valence-electron chi connectivity index (χ4n) is 2.03. The number of nitrogens with one attached hydrogen (secondary N) is 2. The van der Waals surface area contributed by atoms with E-state index in [0.717, 1.165) is 11.3 Å². The van der Waals surface area contributed by atoms with Gasteiger partial charge in [-0.3, -0.25) is 4.79 Å². The van der Waals surface area contributed by atoms with Gasteiger partial charge in [-0.25, -0.2) is 4.39 Å². The maximum absolute atomic E-state index is 12.7. The van der Waals surface area contributed by atoms with Gasteiger partial charge in [-0.15, -0.1) is 0 Å². The van der Waals surface area contributed by atoms with Crippen LogP contribution in [-0.2, 0) is 4.79 Å². The van der Waals surface area contributed by atoms with Gasteiger partial charge in [0.05, 0.1) is 6.04 Å². The Bertz CT molecular complexity index is 569. The second-order valence-electron chi connectivity index (χ2n) is 4.88. The number of anilines is 1. The molecule has 1 atom stereocenters. The van der Waals surface area contributed by atoms with Crippen LogP contribution in [0.15, 0.2) is 54.6 Å². The molecule has 4 heteroatoms. The second kappa shape index (κ2) is 7.43. The number of hydrogen-bond acceptors (Lipinski definition) is 2. The Morgan fingerprint density at radius 1 is 1.10 bits per heavy atom. The Morgan fingerprint density at radius 2 is 1.76 bits per heavy atom. The van der Waals surface area contributed by atoms with Crippen LogP contribution >= 0.6 is 0 Å². The molecule has 2 aromatic rings. The molecule has 0 saturated carbocycles. The van der Waals surface area contributed by atoms with E-state index < -0.39 is 0 Å². The molecule has 2 aromatic carbocycles. The van der Waals surface area contributed by atoms with Crippen LogP contribution in [0.25, 0.3) is 0 Å². The van der Waals surface area contributed by atoms with Crippen LogP contribution < -0.4 is 10.6 Å². The van der Waals surface area contributed by atoms with Crippen molar-refractivity contribution in [1.29, 1.82) is 0 Å². The van der Waals surface area contributed by atoms with Crippen molar-refractivity contribution in [2.24, 2.45) is 0 Å². The number of amides is 1. The van der Waals surface area contributed by atoms with E-state index >= 15 is 0 Å². The van der Waals surface area contributed by atoms with Crippen molar-refractivity contribution in [3.05, 3.63) is 66.0 Å². The van der Waals surface area contributed by atoms with E-state index in [1.54, 1.807) is 12.1 Å². The summed E-state index contributed by atoms with van der Waals surface area (Å²) in [6.45, 7) is 2.47. The van der Waals surface area contributed by atoms with Crippen LogP contribution in [0.3, 0.4) is 0 Å². The Kier molecular flexibility index (Phi) is 5.32. The lowest BCUT2D eigenvalue weighted by Gasteiger charge is -2.14. The predicted octanol–water partition coefficient (Wildman–Crippen LogP) is 3.51. The van der Waals surface area contributed by atoms with Crippen molar-refractivity contribution in [3.8, 4) is 0 Å². The lowest BCUT2D eigenvalue weighted by Crippen LogP contribution is -2.28. The van der Waals surface area contributed by atoms with Crippen molar-refractivity contribution in [3.63, 3.8) is 0 Å². The summed E-state index contributed by atoms with van der Waals surface area (Å²) in [5.41, 5.74) is 1.89. The highest BCUT2D eigenvalue weighted by atomic mass is 19.1. The van der Waals surface area contributed by atoms with Crippen molar-refractivity contribution in [2.75, 3.05) is 11.9 Å². The molecule has 0 saturated heterocycles. The van der Waals surface area contributed by atoms with Crippen LogP contribution in [0.5, 0.6) is 0 Å². The summed E-state index contributed by atoms with van der Waals surface area (Å²) in [7, 11) is 0. The highest BCUT2D eigenvalue weighted by Gasteiger charge is 2.08. The highest BCUT2D eigenvalue weighted by molar-refractivity contribution is 5.77. The molecule has 1 amide bonds. The number of hydrogen-bond donors (Lipinski definition) is 2. The molecule has 0 aliphatic rings. The SMILES string of the molecule is CC(NC(=O)CCNc1ccc(F)cc1)c1ccccc1. The van der Waals surface area contributed by atoms with Crippen LogP contribution in [-0.4, -0.2) is 12.5 Å². The maximum atomic E-state index is 12.7. The van der Waals surface area contributed by atoms with E-state index in [0.29, 0.717) is 13.0 Å². The average molecular weight is 286 g/mol. The number of halogens is 1. The minimum absolute atomic E-state index is 0.00970. The van der Waals surface area contributed by atoms with Crippen LogP contribution in [0.4, 0.5) is 10.1 Å². The molecule has 1 unspecified atom stereocenters. The standard InChI is InChI=1S/C17H19FN2O/c1-13(14-5-3-2-4-6-14)20-17(21)11-12-19-16-9-7-15(18)8-10-16/h2-10,13,19H,11-12H2,1H3,(H,20,21). The highest BCUT2D eigenvalue weighted by Crippen LogP contribution is 2.11. The van der Waals surface area contributed by atoms with Crippen molar-refractivity contribution < 1.29 is 9.18 Å². The summed E-state index contributed by atoms with van der Waals surface area (Å²) in [5.74, 6) is -0.282. The molecule has 0 aromatic heterocycles. The molecule has 0 bridgehead atoms. The van der Waals surface area contributed by atoms with Crippen LogP contribution in [0.2, 0.25) is 0 Å². The van der Waals surface area contributed by atoms with Crippen molar-refractivity contribution in [2.45, 2.75) is 19.4 Å². The van der Waals surface area contributed by atoms with E-state index in [-0.39, 0.29) is 17.8 Å². The van der Waals surface area contributed by atoms with E-state index in [1.807, 2.05) is 37.3 Å². The molecule has 110 valence electrons. The lowest BCUT2D eigenvalue weighted by atomic mass is 10.1. The molecule has 0 heterocycles. The first-order chi connectivity index (χ1) is 10.1. The Morgan fingerprint density at radius 3 is 2.43 bits per heavy atom. The van der Waals surface area contributed by atoms with Crippen molar-refractivity contribution in [1.82, 2.24) is 5.32 Å².